The third kappa shape index (κ3) is 2.80. The van der Waals surface area contributed by atoms with E-state index in [1.807, 2.05) is 12.1 Å². The molecule has 1 heterocycles. The predicted octanol–water partition coefficient (Wildman–Crippen LogP) is 2.91. The van der Waals surface area contributed by atoms with Crippen LogP contribution in [0.3, 0.4) is 0 Å². The van der Waals surface area contributed by atoms with Crippen LogP contribution >= 0.6 is 0 Å². The maximum Gasteiger partial charge on any atom is 0.327 e. The number of benzene rings is 1. The topological polar surface area (TPSA) is 40.6 Å². The maximum absolute atomic E-state index is 12.3. The molecular formula is C17H22N2O2. The average Bonchev–Trinajstić information content (AvgIpc) is 3.21. The summed E-state index contributed by atoms with van der Waals surface area (Å²) in [4.78, 5) is 27.4. The minimum absolute atomic E-state index is 0.0770. The summed E-state index contributed by atoms with van der Waals surface area (Å²) in [6, 6.07) is 8.37. The molecule has 21 heavy (non-hydrogen) atoms. The van der Waals surface area contributed by atoms with Gasteiger partial charge in [0.15, 0.2) is 0 Å². The Balaban J connectivity index is 1.71. The van der Waals surface area contributed by atoms with Crippen LogP contribution in [0.2, 0.25) is 0 Å². The Bertz CT molecular complexity index is 567. The summed E-state index contributed by atoms with van der Waals surface area (Å²) < 4.78 is 0. The van der Waals surface area contributed by atoms with Crippen molar-refractivity contribution < 1.29 is 9.59 Å². The van der Waals surface area contributed by atoms with Gasteiger partial charge >= 0.3 is 6.03 Å². The first-order valence-electron chi connectivity index (χ1n) is 7.56. The molecular weight excluding hydrogens is 264 g/mol. The lowest BCUT2D eigenvalue weighted by molar-refractivity contribution is -0.125. The molecule has 1 saturated heterocycles. The Morgan fingerprint density at radius 3 is 2.24 bits per heavy atom. The van der Waals surface area contributed by atoms with Crippen LogP contribution < -0.4 is 0 Å². The fraction of sp³-hybridized carbons (Fsp3) is 0.529. The minimum atomic E-state index is -0.123. The van der Waals surface area contributed by atoms with Crippen LogP contribution in [0.1, 0.15) is 44.7 Å². The molecule has 4 nitrogen and oxygen atoms in total. The summed E-state index contributed by atoms with van der Waals surface area (Å²) in [6.07, 6.45) is 2.07. The van der Waals surface area contributed by atoms with Gasteiger partial charge in [0.1, 0.15) is 6.54 Å². The molecule has 1 aliphatic heterocycles. The lowest BCUT2D eigenvalue weighted by Gasteiger charge is -2.20. The third-order valence-electron chi connectivity index (χ3n) is 4.23. The molecule has 1 aromatic rings. The second-order valence-electron chi connectivity index (χ2n) is 7.07. The molecule has 112 valence electrons. The van der Waals surface area contributed by atoms with Gasteiger partial charge in [0.05, 0.1) is 6.54 Å². The van der Waals surface area contributed by atoms with Crippen molar-refractivity contribution in [2.24, 2.45) is 0 Å². The molecule has 1 aromatic carbocycles. The highest BCUT2D eigenvalue weighted by Gasteiger charge is 2.43. The predicted molar refractivity (Wildman–Crippen MR) is 80.8 cm³/mol. The Labute approximate surface area is 125 Å². The number of amides is 3. The molecule has 1 saturated carbocycles. The van der Waals surface area contributed by atoms with Crippen LogP contribution in [-0.2, 0) is 16.8 Å². The summed E-state index contributed by atoms with van der Waals surface area (Å²) in [6.45, 7) is 7.14. The molecule has 0 aromatic heterocycles. The number of carbonyl (C=O) groups is 2. The van der Waals surface area contributed by atoms with Gasteiger partial charge in [-0.3, -0.25) is 9.69 Å². The third-order valence-corrected chi connectivity index (χ3v) is 4.23. The molecule has 0 spiro atoms. The maximum atomic E-state index is 12.3. The van der Waals surface area contributed by atoms with Crippen LogP contribution in [-0.4, -0.2) is 34.3 Å². The van der Waals surface area contributed by atoms with Crippen LogP contribution in [0.15, 0.2) is 24.3 Å². The molecule has 0 unspecified atom stereocenters. The van der Waals surface area contributed by atoms with Gasteiger partial charge in [-0.25, -0.2) is 4.79 Å². The average molecular weight is 286 g/mol. The smallest absolute Gasteiger partial charge is 0.312 e. The summed E-state index contributed by atoms with van der Waals surface area (Å²) in [5.74, 6) is -0.0770. The second kappa shape index (κ2) is 4.86. The highest BCUT2D eigenvalue weighted by atomic mass is 16.2. The Morgan fingerprint density at radius 1 is 1.10 bits per heavy atom. The molecule has 4 heteroatoms. The molecule has 0 N–H and O–H groups in total. The van der Waals surface area contributed by atoms with E-state index >= 15 is 0 Å². The van der Waals surface area contributed by atoms with Gasteiger partial charge in [0.25, 0.3) is 5.91 Å². The van der Waals surface area contributed by atoms with Gasteiger partial charge in [-0.1, -0.05) is 45.0 Å². The van der Waals surface area contributed by atoms with E-state index in [2.05, 4.69) is 32.9 Å². The summed E-state index contributed by atoms with van der Waals surface area (Å²) in [5, 5.41) is 0. The number of urea groups is 1. The zero-order valence-electron chi connectivity index (χ0n) is 12.9. The minimum Gasteiger partial charge on any atom is -0.312 e. The Kier molecular flexibility index (Phi) is 3.27. The quantitative estimate of drug-likeness (QED) is 0.802. The first-order valence-corrected chi connectivity index (χ1v) is 7.56. The molecule has 2 aliphatic rings. The second-order valence-corrected chi connectivity index (χ2v) is 7.07. The lowest BCUT2D eigenvalue weighted by Crippen LogP contribution is -2.33. The van der Waals surface area contributed by atoms with E-state index in [0.717, 1.165) is 18.4 Å². The SMILES string of the molecule is CC(C)(C)c1ccc(CN2C(=O)CN(C3CC3)C2=O)cc1. The standard InChI is InChI=1S/C17H22N2O2/c1-17(2,3)13-6-4-12(5-7-13)10-19-15(20)11-18(16(19)21)14-8-9-14/h4-7,14H,8-11H2,1-3H3. The van der Waals surface area contributed by atoms with Crippen LogP contribution in [0.5, 0.6) is 0 Å². The van der Waals surface area contributed by atoms with Crippen molar-refractivity contribution >= 4 is 11.9 Å². The fourth-order valence-electron chi connectivity index (χ4n) is 2.68. The fourth-order valence-corrected chi connectivity index (χ4v) is 2.68. The molecule has 3 amide bonds. The van der Waals surface area contributed by atoms with E-state index in [0.29, 0.717) is 12.6 Å². The van der Waals surface area contributed by atoms with Crippen molar-refractivity contribution in [2.45, 2.75) is 51.6 Å². The number of hydrogen-bond acceptors (Lipinski definition) is 2. The van der Waals surface area contributed by atoms with Gasteiger partial charge in [-0.15, -0.1) is 0 Å². The van der Waals surface area contributed by atoms with E-state index in [1.165, 1.54) is 10.5 Å². The molecule has 1 aliphatic carbocycles. The van der Waals surface area contributed by atoms with Gasteiger partial charge in [-0.05, 0) is 29.4 Å². The van der Waals surface area contributed by atoms with Gasteiger partial charge < -0.3 is 4.90 Å². The first-order chi connectivity index (χ1) is 9.86. The molecule has 2 fully saturated rings. The molecule has 3 rings (SSSR count). The van der Waals surface area contributed by atoms with Gasteiger partial charge in [0.2, 0.25) is 0 Å². The number of carbonyl (C=O) groups excluding carboxylic acids is 2. The van der Waals surface area contributed by atoms with Crippen molar-refractivity contribution in [1.29, 1.82) is 0 Å². The van der Waals surface area contributed by atoms with Crippen molar-refractivity contribution in [2.75, 3.05) is 6.54 Å². The van der Waals surface area contributed by atoms with E-state index in [-0.39, 0.29) is 23.9 Å². The monoisotopic (exact) mass is 286 g/mol. The number of imide groups is 1. The van der Waals surface area contributed by atoms with E-state index in [1.54, 1.807) is 4.90 Å². The highest BCUT2D eigenvalue weighted by Crippen LogP contribution is 2.31. The number of hydrogen-bond donors (Lipinski definition) is 0. The normalized spacial score (nSPS) is 19.6. The lowest BCUT2D eigenvalue weighted by atomic mass is 9.87. The van der Waals surface area contributed by atoms with E-state index in [9.17, 15) is 9.59 Å². The first kappa shape index (κ1) is 14.1. The zero-order valence-corrected chi connectivity index (χ0v) is 12.9. The van der Waals surface area contributed by atoms with Crippen molar-refractivity contribution in [1.82, 2.24) is 9.80 Å². The van der Waals surface area contributed by atoms with Crippen LogP contribution in [0, 0.1) is 0 Å². The summed E-state index contributed by atoms with van der Waals surface area (Å²) in [7, 11) is 0. The van der Waals surface area contributed by atoms with E-state index < -0.39 is 0 Å². The Morgan fingerprint density at radius 2 is 1.71 bits per heavy atom. The highest BCUT2D eigenvalue weighted by molar-refractivity contribution is 6.02. The van der Waals surface area contributed by atoms with Crippen molar-refractivity contribution in [3.63, 3.8) is 0 Å². The summed E-state index contributed by atoms with van der Waals surface area (Å²) >= 11 is 0. The van der Waals surface area contributed by atoms with Gasteiger partial charge in [-0.2, -0.15) is 0 Å². The van der Waals surface area contributed by atoms with Crippen molar-refractivity contribution in [3.05, 3.63) is 35.4 Å². The largest absolute Gasteiger partial charge is 0.327 e. The van der Waals surface area contributed by atoms with Crippen LogP contribution in [0.25, 0.3) is 0 Å². The number of rotatable bonds is 3. The number of nitrogens with zero attached hydrogens (tertiary/aromatic N) is 2. The molecule has 0 atom stereocenters. The van der Waals surface area contributed by atoms with Crippen LogP contribution in [0.4, 0.5) is 4.79 Å². The molecule has 0 bridgehead atoms. The van der Waals surface area contributed by atoms with E-state index in [4.69, 9.17) is 0 Å². The Hall–Kier alpha value is -1.84. The summed E-state index contributed by atoms with van der Waals surface area (Å²) in [5.41, 5.74) is 2.37. The van der Waals surface area contributed by atoms with Gasteiger partial charge in [0, 0.05) is 6.04 Å². The zero-order chi connectivity index (χ0) is 15.2. The van der Waals surface area contributed by atoms with Crippen molar-refractivity contribution in [3.8, 4) is 0 Å². The molecule has 0 radical (unpaired) electrons.